The highest BCUT2D eigenvalue weighted by Gasteiger charge is 2.11. The van der Waals surface area contributed by atoms with Gasteiger partial charge in [0.25, 0.3) is 5.91 Å². The molecule has 0 atom stereocenters. The molecule has 0 aliphatic carbocycles. The normalized spacial score (nSPS) is 10.2. The van der Waals surface area contributed by atoms with Gasteiger partial charge in [-0.1, -0.05) is 29.3 Å². The molecule has 22 heavy (non-hydrogen) atoms. The van der Waals surface area contributed by atoms with Crippen molar-refractivity contribution >= 4 is 29.1 Å². The van der Waals surface area contributed by atoms with Crippen molar-refractivity contribution in [3.8, 4) is 11.5 Å². The fourth-order valence-corrected chi connectivity index (χ4v) is 2.35. The van der Waals surface area contributed by atoms with E-state index in [4.69, 9.17) is 32.7 Å². The highest BCUT2D eigenvalue weighted by atomic mass is 35.5. The van der Waals surface area contributed by atoms with Crippen LogP contribution >= 0.6 is 23.2 Å². The average Bonchev–Trinajstić information content (AvgIpc) is 2.53. The summed E-state index contributed by atoms with van der Waals surface area (Å²) in [7, 11) is 3.08. The van der Waals surface area contributed by atoms with Gasteiger partial charge in [0.05, 0.1) is 14.2 Å². The van der Waals surface area contributed by atoms with Crippen LogP contribution in [-0.2, 0) is 6.54 Å². The largest absolute Gasteiger partial charge is 0.493 e. The molecule has 2 aromatic carbocycles. The lowest BCUT2D eigenvalue weighted by Crippen LogP contribution is -2.22. The second-order valence-corrected chi connectivity index (χ2v) is 5.34. The number of amides is 1. The highest BCUT2D eigenvalue weighted by molar-refractivity contribution is 6.31. The Kier molecular flexibility index (Phi) is 5.52. The van der Waals surface area contributed by atoms with Gasteiger partial charge >= 0.3 is 0 Å². The molecule has 2 rings (SSSR count). The minimum Gasteiger partial charge on any atom is -0.493 e. The van der Waals surface area contributed by atoms with E-state index in [-0.39, 0.29) is 12.5 Å². The third kappa shape index (κ3) is 3.84. The van der Waals surface area contributed by atoms with Gasteiger partial charge < -0.3 is 14.8 Å². The number of halogens is 2. The van der Waals surface area contributed by atoms with Crippen molar-refractivity contribution in [1.29, 1.82) is 0 Å². The first kappa shape index (κ1) is 16.5. The van der Waals surface area contributed by atoms with Crippen molar-refractivity contribution in [2.75, 3.05) is 14.2 Å². The molecule has 0 aliphatic rings. The van der Waals surface area contributed by atoms with Crippen molar-refractivity contribution in [3.05, 3.63) is 57.6 Å². The molecule has 0 saturated carbocycles. The summed E-state index contributed by atoms with van der Waals surface area (Å²) in [6, 6.07) is 10.1. The van der Waals surface area contributed by atoms with Crippen molar-refractivity contribution in [2.24, 2.45) is 0 Å². The van der Waals surface area contributed by atoms with Crippen LogP contribution < -0.4 is 14.8 Å². The summed E-state index contributed by atoms with van der Waals surface area (Å²) in [6.45, 7) is 0.268. The summed E-state index contributed by atoms with van der Waals surface area (Å²) in [5, 5.41) is 3.79. The summed E-state index contributed by atoms with van der Waals surface area (Å²) in [5.74, 6) is 0.865. The Bertz CT molecular complexity index is 689. The van der Waals surface area contributed by atoms with Crippen molar-refractivity contribution < 1.29 is 14.3 Å². The molecular formula is C16H15Cl2NO3. The highest BCUT2D eigenvalue weighted by Crippen LogP contribution is 2.33. The number of carbonyl (C=O) groups is 1. The predicted molar refractivity (Wildman–Crippen MR) is 87.2 cm³/mol. The maximum Gasteiger partial charge on any atom is 0.251 e. The van der Waals surface area contributed by atoms with Crippen LogP contribution in [-0.4, -0.2) is 20.1 Å². The molecule has 6 heteroatoms. The first-order valence-electron chi connectivity index (χ1n) is 6.49. The molecule has 0 spiro atoms. The molecule has 0 heterocycles. The van der Waals surface area contributed by atoms with Crippen molar-refractivity contribution in [1.82, 2.24) is 5.32 Å². The Morgan fingerprint density at radius 3 is 2.41 bits per heavy atom. The van der Waals surface area contributed by atoms with Gasteiger partial charge in [0.1, 0.15) is 0 Å². The Morgan fingerprint density at radius 2 is 1.77 bits per heavy atom. The van der Waals surface area contributed by atoms with Gasteiger partial charge in [-0.05, 0) is 29.8 Å². The lowest BCUT2D eigenvalue weighted by Gasteiger charge is -2.12. The van der Waals surface area contributed by atoms with E-state index in [0.717, 1.165) is 5.56 Å². The monoisotopic (exact) mass is 339 g/mol. The van der Waals surface area contributed by atoms with E-state index >= 15 is 0 Å². The molecule has 1 N–H and O–H groups in total. The third-order valence-corrected chi connectivity index (χ3v) is 3.67. The molecule has 116 valence electrons. The zero-order valence-corrected chi connectivity index (χ0v) is 13.7. The number of benzene rings is 2. The van der Waals surface area contributed by atoms with Gasteiger partial charge in [-0.15, -0.1) is 0 Å². The third-order valence-electron chi connectivity index (χ3n) is 3.08. The smallest absolute Gasteiger partial charge is 0.251 e. The molecule has 4 nitrogen and oxygen atoms in total. The lowest BCUT2D eigenvalue weighted by molar-refractivity contribution is 0.0951. The van der Waals surface area contributed by atoms with Crippen LogP contribution in [0.1, 0.15) is 15.9 Å². The summed E-state index contributed by atoms with van der Waals surface area (Å²) >= 11 is 12.1. The topological polar surface area (TPSA) is 47.6 Å². The summed E-state index contributed by atoms with van der Waals surface area (Å²) in [5.41, 5.74) is 1.22. The van der Waals surface area contributed by atoms with E-state index in [2.05, 4.69) is 5.32 Å². The second kappa shape index (κ2) is 7.38. The van der Waals surface area contributed by atoms with Crippen molar-refractivity contribution in [2.45, 2.75) is 6.54 Å². The minimum absolute atomic E-state index is 0.228. The second-order valence-electron chi connectivity index (χ2n) is 4.49. The van der Waals surface area contributed by atoms with E-state index in [1.807, 2.05) is 0 Å². The molecule has 0 aromatic heterocycles. The molecule has 0 aliphatic heterocycles. The van der Waals surface area contributed by atoms with Crippen LogP contribution in [0.15, 0.2) is 36.4 Å². The zero-order valence-electron chi connectivity index (χ0n) is 12.2. The van der Waals surface area contributed by atoms with Gasteiger partial charge in [0, 0.05) is 28.2 Å². The Balaban J connectivity index is 2.13. The number of rotatable bonds is 5. The fourth-order valence-electron chi connectivity index (χ4n) is 1.94. The molecule has 2 aromatic rings. The predicted octanol–water partition coefficient (Wildman–Crippen LogP) is 3.94. The molecule has 0 unspecified atom stereocenters. The van der Waals surface area contributed by atoms with Gasteiger partial charge in [-0.3, -0.25) is 4.79 Å². The molecule has 0 bridgehead atoms. The maximum absolute atomic E-state index is 12.1. The quantitative estimate of drug-likeness (QED) is 0.897. The first-order valence-corrected chi connectivity index (χ1v) is 7.25. The van der Waals surface area contributed by atoms with Crippen LogP contribution in [0.4, 0.5) is 0 Å². The van der Waals surface area contributed by atoms with Gasteiger partial charge in [0.2, 0.25) is 0 Å². The Hall–Kier alpha value is -1.91. The zero-order chi connectivity index (χ0) is 16.1. The number of hydrogen-bond acceptors (Lipinski definition) is 3. The Labute approximate surface area is 138 Å². The van der Waals surface area contributed by atoms with E-state index in [1.54, 1.807) is 43.5 Å². The van der Waals surface area contributed by atoms with Crippen LogP contribution in [0.25, 0.3) is 0 Å². The van der Waals surface area contributed by atoms with E-state index in [1.165, 1.54) is 7.11 Å². The van der Waals surface area contributed by atoms with Crippen LogP contribution in [0.2, 0.25) is 10.0 Å². The number of hydrogen-bond donors (Lipinski definition) is 1. The van der Waals surface area contributed by atoms with Crippen LogP contribution in [0, 0.1) is 0 Å². The van der Waals surface area contributed by atoms with Gasteiger partial charge in [0.15, 0.2) is 11.5 Å². The lowest BCUT2D eigenvalue weighted by atomic mass is 10.1. The molecule has 0 fully saturated rings. The fraction of sp³-hybridized carbons (Fsp3) is 0.188. The minimum atomic E-state index is -0.228. The summed E-state index contributed by atoms with van der Waals surface area (Å²) < 4.78 is 10.4. The maximum atomic E-state index is 12.1. The Morgan fingerprint density at radius 1 is 1.09 bits per heavy atom. The van der Waals surface area contributed by atoms with Crippen molar-refractivity contribution in [3.63, 3.8) is 0 Å². The molecule has 0 radical (unpaired) electrons. The average molecular weight is 340 g/mol. The summed E-state index contributed by atoms with van der Waals surface area (Å²) in [4.78, 5) is 12.1. The van der Waals surface area contributed by atoms with Crippen LogP contribution in [0.3, 0.4) is 0 Å². The molecular weight excluding hydrogens is 325 g/mol. The SMILES string of the molecule is COc1cc(Cl)c(CNC(=O)c2cccc(Cl)c2)cc1OC. The summed E-state index contributed by atoms with van der Waals surface area (Å²) in [6.07, 6.45) is 0. The van der Waals surface area contributed by atoms with Gasteiger partial charge in [-0.2, -0.15) is 0 Å². The van der Waals surface area contributed by atoms with E-state index in [9.17, 15) is 4.79 Å². The molecule has 0 saturated heterocycles. The number of methoxy groups -OCH3 is 2. The number of carbonyl (C=O) groups excluding carboxylic acids is 1. The van der Waals surface area contributed by atoms with Gasteiger partial charge in [-0.25, -0.2) is 0 Å². The molecule has 1 amide bonds. The standard InChI is InChI=1S/C16H15Cl2NO3/c1-21-14-7-11(13(18)8-15(14)22-2)9-19-16(20)10-4-3-5-12(17)6-10/h3-8H,9H2,1-2H3,(H,19,20). The van der Waals surface area contributed by atoms with E-state index < -0.39 is 0 Å². The number of ether oxygens (including phenoxy) is 2. The first-order chi connectivity index (χ1) is 10.5. The van der Waals surface area contributed by atoms with Crippen LogP contribution in [0.5, 0.6) is 11.5 Å². The number of nitrogens with one attached hydrogen (secondary N) is 1. The van der Waals surface area contributed by atoms with E-state index in [0.29, 0.717) is 27.1 Å².